The molecular formula is C18H21FN4O2. The molecule has 1 aromatic heterocycles. The minimum atomic E-state index is -0.298. The maximum Gasteiger partial charge on any atom is 0.222 e. The standard InChI is InChI=1S/C18H21FN4O2/c19-14-6-4-13(5-7-14)17(15-3-1-12-25-15)23-16(24)8-11-22-18-20-9-2-10-21-18/h2,4-7,9-10,15,17H,1,3,8,11-12H2,(H,23,24)(H,20,21,22)/t15-,17+/m1/s1. The van der Waals surface area contributed by atoms with E-state index in [1.807, 2.05) is 0 Å². The number of amides is 1. The smallest absolute Gasteiger partial charge is 0.222 e. The van der Waals surface area contributed by atoms with Crippen molar-refractivity contribution < 1.29 is 13.9 Å². The van der Waals surface area contributed by atoms with Gasteiger partial charge in [0.1, 0.15) is 5.82 Å². The number of halogens is 1. The Hall–Kier alpha value is -2.54. The van der Waals surface area contributed by atoms with E-state index in [1.54, 1.807) is 30.6 Å². The first kappa shape index (κ1) is 17.3. The Bertz CT molecular complexity index is 675. The number of hydrogen-bond donors (Lipinski definition) is 2. The summed E-state index contributed by atoms with van der Waals surface area (Å²) in [6.45, 7) is 1.11. The molecule has 1 aromatic carbocycles. The van der Waals surface area contributed by atoms with Crippen molar-refractivity contribution in [1.29, 1.82) is 0 Å². The van der Waals surface area contributed by atoms with E-state index >= 15 is 0 Å². The summed E-state index contributed by atoms with van der Waals surface area (Å²) in [5.74, 6) is 0.0889. The van der Waals surface area contributed by atoms with Crippen molar-refractivity contribution >= 4 is 11.9 Å². The van der Waals surface area contributed by atoms with E-state index in [4.69, 9.17) is 4.74 Å². The van der Waals surface area contributed by atoms with Crippen LogP contribution in [0.2, 0.25) is 0 Å². The zero-order valence-electron chi connectivity index (χ0n) is 13.8. The van der Waals surface area contributed by atoms with Crippen molar-refractivity contribution in [2.24, 2.45) is 0 Å². The maximum absolute atomic E-state index is 13.2. The van der Waals surface area contributed by atoms with Crippen LogP contribution in [-0.4, -0.2) is 35.1 Å². The van der Waals surface area contributed by atoms with Gasteiger partial charge in [-0.15, -0.1) is 0 Å². The van der Waals surface area contributed by atoms with Crippen molar-refractivity contribution in [3.8, 4) is 0 Å². The van der Waals surface area contributed by atoms with Gasteiger partial charge >= 0.3 is 0 Å². The highest BCUT2D eigenvalue weighted by molar-refractivity contribution is 5.77. The fourth-order valence-corrected chi connectivity index (χ4v) is 2.85. The molecule has 0 unspecified atom stereocenters. The molecule has 2 aromatic rings. The fourth-order valence-electron chi connectivity index (χ4n) is 2.85. The summed E-state index contributed by atoms with van der Waals surface area (Å²) in [6, 6.07) is 7.64. The summed E-state index contributed by atoms with van der Waals surface area (Å²) >= 11 is 0. The largest absolute Gasteiger partial charge is 0.376 e. The summed E-state index contributed by atoms with van der Waals surface area (Å²) in [7, 11) is 0. The van der Waals surface area contributed by atoms with Crippen LogP contribution >= 0.6 is 0 Å². The van der Waals surface area contributed by atoms with Crippen LogP contribution in [0, 0.1) is 5.82 Å². The molecule has 6 nitrogen and oxygen atoms in total. The number of carbonyl (C=O) groups is 1. The van der Waals surface area contributed by atoms with Crippen LogP contribution in [0.25, 0.3) is 0 Å². The van der Waals surface area contributed by atoms with Gasteiger partial charge in [-0.1, -0.05) is 12.1 Å². The molecule has 0 bridgehead atoms. The van der Waals surface area contributed by atoms with Gasteiger partial charge in [0.05, 0.1) is 12.1 Å². The van der Waals surface area contributed by atoms with E-state index in [0.717, 1.165) is 18.4 Å². The second kappa shape index (κ2) is 8.53. The van der Waals surface area contributed by atoms with E-state index in [0.29, 0.717) is 19.1 Å². The predicted molar refractivity (Wildman–Crippen MR) is 91.4 cm³/mol. The van der Waals surface area contributed by atoms with Crippen LogP contribution in [0.5, 0.6) is 0 Å². The third-order valence-electron chi connectivity index (χ3n) is 4.08. The number of ether oxygens (including phenoxy) is 1. The average molecular weight is 344 g/mol. The van der Waals surface area contributed by atoms with Crippen molar-refractivity contribution in [3.63, 3.8) is 0 Å². The molecule has 0 saturated carbocycles. The molecular weight excluding hydrogens is 323 g/mol. The Kier molecular flexibility index (Phi) is 5.90. The molecule has 1 saturated heterocycles. The first-order valence-electron chi connectivity index (χ1n) is 8.40. The Labute approximate surface area is 145 Å². The van der Waals surface area contributed by atoms with Gasteiger partial charge < -0.3 is 15.4 Å². The molecule has 0 radical (unpaired) electrons. The number of carbonyl (C=O) groups excluding carboxylic acids is 1. The third kappa shape index (κ3) is 4.96. The van der Waals surface area contributed by atoms with Crippen LogP contribution in [0.1, 0.15) is 30.9 Å². The summed E-state index contributed by atoms with van der Waals surface area (Å²) in [5.41, 5.74) is 0.848. The predicted octanol–water partition coefficient (Wildman–Crippen LogP) is 2.45. The molecule has 132 valence electrons. The van der Waals surface area contributed by atoms with E-state index < -0.39 is 0 Å². The van der Waals surface area contributed by atoms with Gasteiger partial charge in [-0.05, 0) is 36.6 Å². The first-order chi connectivity index (χ1) is 12.2. The summed E-state index contributed by atoms with van der Waals surface area (Å²) in [6.07, 6.45) is 5.31. The average Bonchev–Trinajstić information content (AvgIpc) is 3.16. The SMILES string of the molecule is O=C(CCNc1ncccn1)N[C@@H](c1ccc(F)cc1)[C@H]1CCCO1. The molecule has 7 heteroatoms. The molecule has 1 fully saturated rings. The van der Waals surface area contributed by atoms with Gasteiger partial charge in [0, 0.05) is 32.0 Å². The Balaban J connectivity index is 1.57. The highest BCUT2D eigenvalue weighted by Crippen LogP contribution is 2.27. The molecule has 0 aliphatic carbocycles. The maximum atomic E-state index is 13.2. The van der Waals surface area contributed by atoms with Gasteiger partial charge in [-0.25, -0.2) is 14.4 Å². The van der Waals surface area contributed by atoms with E-state index in [-0.39, 0.29) is 30.3 Å². The molecule has 2 N–H and O–H groups in total. The van der Waals surface area contributed by atoms with Gasteiger partial charge in [0.2, 0.25) is 11.9 Å². The first-order valence-corrected chi connectivity index (χ1v) is 8.40. The highest BCUT2D eigenvalue weighted by atomic mass is 19.1. The number of aromatic nitrogens is 2. The molecule has 1 aliphatic heterocycles. The normalized spacial score (nSPS) is 17.9. The van der Waals surface area contributed by atoms with Crippen molar-refractivity contribution in [2.45, 2.75) is 31.4 Å². The Morgan fingerprint density at radius 2 is 2.04 bits per heavy atom. The van der Waals surface area contributed by atoms with E-state index in [9.17, 15) is 9.18 Å². The second-order valence-electron chi connectivity index (χ2n) is 5.90. The Morgan fingerprint density at radius 3 is 2.72 bits per heavy atom. The number of benzene rings is 1. The molecule has 1 aliphatic rings. The van der Waals surface area contributed by atoms with Gasteiger partial charge in [-0.2, -0.15) is 0 Å². The summed E-state index contributed by atoms with van der Waals surface area (Å²) < 4.78 is 18.9. The number of anilines is 1. The van der Waals surface area contributed by atoms with E-state index in [1.165, 1.54) is 12.1 Å². The van der Waals surface area contributed by atoms with Gasteiger partial charge in [0.15, 0.2) is 0 Å². The van der Waals surface area contributed by atoms with Crippen molar-refractivity contribution in [1.82, 2.24) is 15.3 Å². The Morgan fingerprint density at radius 1 is 1.28 bits per heavy atom. The molecule has 1 amide bonds. The highest BCUT2D eigenvalue weighted by Gasteiger charge is 2.28. The van der Waals surface area contributed by atoms with Crippen LogP contribution in [0.4, 0.5) is 10.3 Å². The minimum absolute atomic E-state index is 0.0835. The lowest BCUT2D eigenvalue weighted by Gasteiger charge is -2.25. The number of nitrogens with zero attached hydrogens (tertiary/aromatic N) is 2. The monoisotopic (exact) mass is 344 g/mol. The number of rotatable bonds is 7. The molecule has 2 atom stereocenters. The van der Waals surface area contributed by atoms with Gasteiger partial charge in [-0.3, -0.25) is 4.79 Å². The van der Waals surface area contributed by atoms with Crippen molar-refractivity contribution in [3.05, 3.63) is 54.1 Å². The lowest BCUT2D eigenvalue weighted by Crippen LogP contribution is -2.36. The molecule has 2 heterocycles. The summed E-state index contributed by atoms with van der Waals surface area (Å²) in [4.78, 5) is 20.4. The van der Waals surface area contributed by atoms with Crippen LogP contribution in [-0.2, 0) is 9.53 Å². The third-order valence-corrected chi connectivity index (χ3v) is 4.08. The van der Waals surface area contributed by atoms with Crippen LogP contribution in [0.15, 0.2) is 42.7 Å². The molecule has 3 rings (SSSR count). The van der Waals surface area contributed by atoms with Gasteiger partial charge in [0.25, 0.3) is 0 Å². The molecule has 0 spiro atoms. The lowest BCUT2D eigenvalue weighted by molar-refractivity contribution is -0.122. The zero-order valence-corrected chi connectivity index (χ0v) is 13.8. The topological polar surface area (TPSA) is 76.1 Å². The zero-order chi connectivity index (χ0) is 17.5. The number of nitrogens with one attached hydrogen (secondary N) is 2. The second-order valence-corrected chi connectivity index (χ2v) is 5.90. The van der Waals surface area contributed by atoms with Crippen LogP contribution in [0.3, 0.4) is 0 Å². The van der Waals surface area contributed by atoms with E-state index in [2.05, 4.69) is 20.6 Å². The lowest BCUT2D eigenvalue weighted by atomic mass is 9.99. The summed E-state index contributed by atoms with van der Waals surface area (Å²) in [5, 5.41) is 6.02. The van der Waals surface area contributed by atoms with Crippen LogP contribution < -0.4 is 10.6 Å². The molecule has 25 heavy (non-hydrogen) atoms. The quantitative estimate of drug-likeness (QED) is 0.807. The fraction of sp³-hybridized carbons (Fsp3) is 0.389. The minimum Gasteiger partial charge on any atom is -0.376 e. The number of hydrogen-bond acceptors (Lipinski definition) is 5. The van der Waals surface area contributed by atoms with Crippen molar-refractivity contribution in [2.75, 3.05) is 18.5 Å².